The molecule has 0 saturated heterocycles. The Hall–Kier alpha value is -2.95. The standard InChI is InChI=1S/C17H13N3O2/c21-17(12-5-6-13-14(11-12)19-8-7-18-13)20-9-10-22-16-4-2-1-3-15(16)20/h1-8,11H,9-10H2. The van der Waals surface area contributed by atoms with Crippen LogP contribution in [0.2, 0.25) is 0 Å². The third-order valence-electron chi connectivity index (χ3n) is 3.69. The van der Waals surface area contributed by atoms with Gasteiger partial charge in [0.25, 0.3) is 5.91 Å². The number of para-hydroxylation sites is 2. The zero-order valence-electron chi connectivity index (χ0n) is 11.8. The first-order valence-electron chi connectivity index (χ1n) is 7.07. The second-order valence-corrected chi connectivity index (χ2v) is 5.03. The molecule has 5 heteroatoms. The fourth-order valence-electron chi connectivity index (χ4n) is 2.63. The van der Waals surface area contributed by atoms with Crippen molar-refractivity contribution >= 4 is 22.6 Å². The number of anilines is 1. The molecule has 0 spiro atoms. The predicted octanol–water partition coefficient (Wildman–Crippen LogP) is 2.67. The Morgan fingerprint density at radius 2 is 1.86 bits per heavy atom. The fraction of sp³-hybridized carbons (Fsp3) is 0.118. The van der Waals surface area contributed by atoms with E-state index in [2.05, 4.69) is 9.97 Å². The highest BCUT2D eigenvalue weighted by atomic mass is 16.5. The first kappa shape index (κ1) is 12.8. The number of nitrogens with zero attached hydrogens (tertiary/aromatic N) is 3. The van der Waals surface area contributed by atoms with E-state index in [-0.39, 0.29) is 5.91 Å². The zero-order valence-corrected chi connectivity index (χ0v) is 11.8. The molecular weight excluding hydrogens is 278 g/mol. The second kappa shape index (κ2) is 5.11. The number of ether oxygens (including phenoxy) is 1. The minimum Gasteiger partial charge on any atom is -0.490 e. The van der Waals surface area contributed by atoms with Crippen molar-refractivity contribution < 1.29 is 9.53 Å². The lowest BCUT2D eigenvalue weighted by Crippen LogP contribution is -2.37. The number of benzene rings is 2. The summed E-state index contributed by atoms with van der Waals surface area (Å²) < 4.78 is 5.59. The predicted molar refractivity (Wildman–Crippen MR) is 83.2 cm³/mol. The second-order valence-electron chi connectivity index (χ2n) is 5.03. The van der Waals surface area contributed by atoms with Crippen LogP contribution in [0, 0.1) is 0 Å². The van der Waals surface area contributed by atoms with Crippen LogP contribution in [-0.2, 0) is 0 Å². The third kappa shape index (κ3) is 2.07. The van der Waals surface area contributed by atoms with Crippen molar-refractivity contribution in [2.45, 2.75) is 0 Å². The minimum absolute atomic E-state index is 0.0525. The lowest BCUT2D eigenvalue weighted by atomic mass is 10.1. The SMILES string of the molecule is O=C(c1ccc2nccnc2c1)N1CCOc2ccccc21. The van der Waals surface area contributed by atoms with Crippen LogP contribution in [-0.4, -0.2) is 29.0 Å². The number of carbonyl (C=O) groups is 1. The van der Waals surface area contributed by atoms with Gasteiger partial charge >= 0.3 is 0 Å². The summed E-state index contributed by atoms with van der Waals surface area (Å²) in [6.45, 7) is 1.03. The highest BCUT2D eigenvalue weighted by Gasteiger charge is 2.24. The summed E-state index contributed by atoms with van der Waals surface area (Å²) in [6.07, 6.45) is 3.27. The molecule has 22 heavy (non-hydrogen) atoms. The highest BCUT2D eigenvalue weighted by Crippen LogP contribution is 2.32. The van der Waals surface area contributed by atoms with Crippen molar-refractivity contribution in [2.24, 2.45) is 0 Å². The van der Waals surface area contributed by atoms with Gasteiger partial charge in [-0.15, -0.1) is 0 Å². The zero-order chi connectivity index (χ0) is 14.9. The molecule has 5 nitrogen and oxygen atoms in total. The average Bonchev–Trinajstić information content (AvgIpc) is 2.60. The van der Waals surface area contributed by atoms with Crippen molar-refractivity contribution in [3.63, 3.8) is 0 Å². The van der Waals surface area contributed by atoms with Gasteiger partial charge < -0.3 is 9.64 Å². The smallest absolute Gasteiger partial charge is 0.258 e. The summed E-state index contributed by atoms with van der Waals surface area (Å²) >= 11 is 0. The van der Waals surface area contributed by atoms with Gasteiger partial charge in [-0.05, 0) is 30.3 Å². The molecule has 1 amide bonds. The van der Waals surface area contributed by atoms with Crippen molar-refractivity contribution in [3.05, 3.63) is 60.4 Å². The van der Waals surface area contributed by atoms with E-state index >= 15 is 0 Å². The highest BCUT2D eigenvalue weighted by molar-refractivity contribution is 6.08. The molecule has 108 valence electrons. The fourth-order valence-corrected chi connectivity index (χ4v) is 2.63. The molecular formula is C17H13N3O2. The van der Waals surface area contributed by atoms with Gasteiger partial charge in [0.2, 0.25) is 0 Å². The van der Waals surface area contributed by atoms with E-state index in [9.17, 15) is 4.79 Å². The molecule has 0 saturated carbocycles. The van der Waals surface area contributed by atoms with E-state index in [0.717, 1.165) is 22.5 Å². The van der Waals surface area contributed by atoms with Crippen molar-refractivity contribution in [2.75, 3.05) is 18.1 Å². The Balaban J connectivity index is 1.75. The molecule has 1 aliphatic rings. The van der Waals surface area contributed by atoms with E-state index in [0.29, 0.717) is 18.7 Å². The van der Waals surface area contributed by atoms with Crippen LogP contribution in [0.25, 0.3) is 11.0 Å². The van der Waals surface area contributed by atoms with Crippen molar-refractivity contribution in [1.29, 1.82) is 0 Å². The van der Waals surface area contributed by atoms with Crippen molar-refractivity contribution in [1.82, 2.24) is 9.97 Å². The molecule has 3 aromatic rings. The lowest BCUT2D eigenvalue weighted by molar-refractivity contribution is 0.0976. The summed E-state index contributed by atoms with van der Waals surface area (Å²) in [5.41, 5.74) is 2.90. The van der Waals surface area contributed by atoms with Crippen LogP contribution in [0.5, 0.6) is 5.75 Å². The third-order valence-corrected chi connectivity index (χ3v) is 3.69. The first-order chi connectivity index (χ1) is 10.8. The van der Waals surface area contributed by atoms with Gasteiger partial charge in [-0.3, -0.25) is 14.8 Å². The molecule has 0 radical (unpaired) electrons. The lowest BCUT2D eigenvalue weighted by Gasteiger charge is -2.29. The van der Waals surface area contributed by atoms with E-state index < -0.39 is 0 Å². The Kier molecular flexibility index (Phi) is 2.96. The molecule has 2 aromatic carbocycles. The van der Waals surface area contributed by atoms with E-state index in [1.165, 1.54) is 0 Å². The number of fused-ring (bicyclic) bond motifs is 2. The minimum atomic E-state index is -0.0525. The average molecular weight is 291 g/mol. The van der Waals surface area contributed by atoms with E-state index in [4.69, 9.17) is 4.74 Å². The molecule has 2 heterocycles. The van der Waals surface area contributed by atoms with Crippen LogP contribution in [0.4, 0.5) is 5.69 Å². The summed E-state index contributed by atoms with van der Waals surface area (Å²) in [5.74, 6) is 0.686. The Labute approximate surface area is 127 Å². The maximum atomic E-state index is 12.8. The van der Waals surface area contributed by atoms with Gasteiger partial charge in [-0.25, -0.2) is 0 Å². The Morgan fingerprint density at radius 1 is 1.05 bits per heavy atom. The number of rotatable bonds is 1. The molecule has 0 fully saturated rings. The number of amides is 1. The maximum absolute atomic E-state index is 12.8. The van der Waals surface area contributed by atoms with Crippen molar-refractivity contribution in [3.8, 4) is 5.75 Å². The summed E-state index contributed by atoms with van der Waals surface area (Å²) in [4.78, 5) is 23.1. The quantitative estimate of drug-likeness (QED) is 0.691. The van der Waals surface area contributed by atoms with Crippen LogP contribution in [0.1, 0.15) is 10.4 Å². The van der Waals surface area contributed by atoms with Gasteiger partial charge in [-0.1, -0.05) is 12.1 Å². The summed E-state index contributed by atoms with van der Waals surface area (Å²) in [7, 11) is 0. The molecule has 1 aliphatic heterocycles. The van der Waals surface area contributed by atoms with Gasteiger partial charge in [0.05, 0.1) is 23.3 Å². The Bertz CT molecular complexity index is 863. The van der Waals surface area contributed by atoms with Gasteiger partial charge in [-0.2, -0.15) is 0 Å². The number of hydrogen-bond donors (Lipinski definition) is 0. The topological polar surface area (TPSA) is 55.3 Å². The molecule has 0 atom stereocenters. The van der Waals surface area contributed by atoms with E-state index in [1.54, 1.807) is 29.4 Å². The first-order valence-corrected chi connectivity index (χ1v) is 7.07. The monoisotopic (exact) mass is 291 g/mol. The largest absolute Gasteiger partial charge is 0.490 e. The number of hydrogen-bond acceptors (Lipinski definition) is 4. The van der Waals surface area contributed by atoms with Gasteiger partial charge in [0.15, 0.2) is 0 Å². The number of carbonyl (C=O) groups excluding carboxylic acids is 1. The summed E-state index contributed by atoms with van der Waals surface area (Å²) in [5, 5.41) is 0. The van der Waals surface area contributed by atoms with Crippen LogP contribution < -0.4 is 9.64 Å². The molecule has 0 N–H and O–H groups in total. The summed E-state index contributed by atoms with van der Waals surface area (Å²) in [6, 6.07) is 13.0. The normalized spacial score (nSPS) is 13.5. The van der Waals surface area contributed by atoms with Gasteiger partial charge in [0.1, 0.15) is 12.4 Å². The Morgan fingerprint density at radius 3 is 2.77 bits per heavy atom. The molecule has 0 bridgehead atoms. The van der Waals surface area contributed by atoms with Crippen LogP contribution >= 0.6 is 0 Å². The molecule has 1 aromatic heterocycles. The van der Waals surface area contributed by atoms with E-state index in [1.807, 2.05) is 30.3 Å². The number of aromatic nitrogens is 2. The maximum Gasteiger partial charge on any atom is 0.258 e. The molecule has 4 rings (SSSR count). The molecule has 0 unspecified atom stereocenters. The van der Waals surface area contributed by atoms with Crippen LogP contribution in [0.15, 0.2) is 54.9 Å². The van der Waals surface area contributed by atoms with Gasteiger partial charge in [0, 0.05) is 18.0 Å². The van der Waals surface area contributed by atoms with Crippen LogP contribution in [0.3, 0.4) is 0 Å². The molecule has 0 aliphatic carbocycles.